The van der Waals surface area contributed by atoms with E-state index < -0.39 is 12.2 Å². The molecule has 4 fully saturated rings. The molecule has 214 valence electrons. The van der Waals surface area contributed by atoms with E-state index in [9.17, 15) is 8.78 Å². The minimum absolute atomic E-state index is 0.0824. The molecule has 4 aliphatic rings. The van der Waals surface area contributed by atoms with Crippen molar-refractivity contribution in [2.24, 2.45) is 35.5 Å². The number of hydrogen-bond acceptors (Lipinski definition) is 2. The van der Waals surface area contributed by atoms with Gasteiger partial charge in [0.1, 0.15) is 0 Å². The first-order valence-electron chi connectivity index (χ1n) is 16.4. The highest BCUT2D eigenvalue weighted by atomic mass is 19.3. The molecule has 0 spiro atoms. The molecular formula is C33H56F2O2. The molecule has 1 saturated heterocycles. The zero-order valence-electron chi connectivity index (χ0n) is 23.8. The summed E-state index contributed by atoms with van der Waals surface area (Å²) in [7, 11) is 0. The minimum atomic E-state index is -1.64. The van der Waals surface area contributed by atoms with Gasteiger partial charge in [-0.1, -0.05) is 58.3 Å². The zero-order valence-corrected chi connectivity index (χ0v) is 23.8. The molecule has 3 saturated carbocycles. The van der Waals surface area contributed by atoms with E-state index in [1.165, 1.54) is 109 Å². The van der Waals surface area contributed by atoms with Gasteiger partial charge in [0.15, 0.2) is 0 Å². The molecule has 0 amide bonds. The largest absolute Gasteiger partial charge is 0.376 e. The predicted octanol–water partition coefficient (Wildman–Crippen LogP) is 10.1. The van der Waals surface area contributed by atoms with Crippen LogP contribution in [0.1, 0.15) is 135 Å². The van der Waals surface area contributed by atoms with Gasteiger partial charge in [0.25, 0.3) is 6.08 Å². The van der Waals surface area contributed by atoms with E-state index in [1.54, 1.807) is 0 Å². The smallest absolute Gasteiger partial charge is 0.268 e. The van der Waals surface area contributed by atoms with Crippen LogP contribution in [-0.2, 0) is 9.47 Å². The molecule has 0 aromatic carbocycles. The molecule has 2 atom stereocenters. The Labute approximate surface area is 226 Å². The fraction of sp³-hybridized carbons (Fsp3) is 0.939. The Morgan fingerprint density at radius 3 is 1.65 bits per heavy atom. The molecule has 4 rings (SSSR count). The fourth-order valence-corrected chi connectivity index (χ4v) is 8.44. The Kier molecular flexibility index (Phi) is 12.7. The molecule has 0 N–H and O–H groups in total. The van der Waals surface area contributed by atoms with Crippen LogP contribution in [0.2, 0.25) is 0 Å². The zero-order chi connectivity index (χ0) is 25.9. The van der Waals surface area contributed by atoms with E-state index in [0.717, 1.165) is 61.0 Å². The van der Waals surface area contributed by atoms with Crippen LogP contribution >= 0.6 is 0 Å². The van der Waals surface area contributed by atoms with Gasteiger partial charge in [-0.3, -0.25) is 0 Å². The summed E-state index contributed by atoms with van der Waals surface area (Å²) in [5, 5.41) is 0. The van der Waals surface area contributed by atoms with Gasteiger partial charge in [-0.05, 0) is 113 Å². The molecule has 2 nitrogen and oxygen atoms in total. The third-order valence-electron chi connectivity index (χ3n) is 10.8. The van der Waals surface area contributed by atoms with Crippen LogP contribution in [0.5, 0.6) is 0 Å². The second kappa shape index (κ2) is 15.9. The Balaban J connectivity index is 1.02. The Hall–Kier alpha value is -0.480. The lowest BCUT2D eigenvalue weighted by molar-refractivity contribution is -0.0731. The van der Waals surface area contributed by atoms with Gasteiger partial charge in [0.05, 0.1) is 18.8 Å². The lowest BCUT2D eigenvalue weighted by Gasteiger charge is -2.41. The van der Waals surface area contributed by atoms with E-state index in [2.05, 4.69) is 6.92 Å². The first-order valence-corrected chi connectivity index (χ1v) is 16.4. The van der Waals surface area contributed by atoms with Crippen molar-refractivity contribution in [3.05, 3.63) is 12.2 Å². The van der Waals surface area contributed by atoms with E-state index in [-0.39, 0.29) is 6.10 Å². The second-order valence-electron chi connectivity index (χ2n) is 13.3. The van der Waals surface area contributed by atoms with Crippen LogP contribution in [0.25, 0.3) is 0 Å². The molecule has 3 aliphatic carbocycles. The summed E-state index contributed by atoms with van der Waals surface area (Å²) in [6, 6.07) is 0. The third-order valence-corrected chi connectivity index (χ3v) is 10.8. The highest BCUT2D eigenvalue weighted by Gasteiger charge is 2.34. The molecule has 2 unspecified atom stereocenters. The van der Waals surface area contributed by atoms with E-state index in [1.807, 2.05) is 0 Å². The van der Waals surface area contributed by atoms with Crippen molar-refractivity contribution in [3.63, 3.8) is 0 Å². The van der Waals surface area contributed by atoms with Gasteiger partial charge in [-0.15, -0.1) is 0 Å². The van der Waals surface area contributed by atoms with Gasteiger partial charge in [-0.25, -0.2) is 0 Å². The molecule has 0 aromatic rings. The first-order chi connectivity index (χ1) is 18.1. The number of halogens is 2. The second-order valence-corrected chi connectivity index (χ2v) is 13.3. The van der Waals surface area contributed by atoms with Gasteiger partial charge in [0.2, 0.25) is 0 Å². The highest BCUT2D eigenvalue weighted by Crippen LogP contribution is 2.46. The summed E-state index contributed by atoms with van der Waals surface area (Å²) in [6.07, 6.45) is 26.5. The normalized spacial score (nSPS) is 37.3. The van der Waals surface area contributed by atoms with Crippen molar-refractivity contribution in [2.75, 3.05) is 13.2 Å². The number of unbranched alkanes of at least 4 members (excludes halogenated alkanes) is 2. The van der Waals surface area contributed by atoms with E-state index in [4.69, 9.17) is 9.47 Å². The van der Waals surface area contributed by atoms with Crippen molar-refractivity contribution >= 4 is 0 Å². The van der Waals surface area contributed by atoms with E-state index >= 15 is 0 Å². The summed E-state index contributed by atoms with van der Waals surface area (Å²) in [6.45, 7) is 3.56. The summed E-state index contributed by atoms with van der Waals surface area (Å²) in [5.41, 5.74) is 0. The van der Waals surface area contributed by atoms with Crippen LogP contribution < -0.4 is 0 Å². The van der Waals surface area contributed by atoms with Crippen molar-refractivity contribution in [1.82, 2.24) is 0 Å². The highest BCUT2D eigenvalue weighted by molar-refractivity contribution is 4.91. The first kappa shape index (κ1) is 29.5. The summed E-state index contributed by atoms with van der Waals surface area (Å²) < 4.78 is 36.2. The Morgan fingerprint density at radius 1 is 0.676 bits per heavy atom. The lowest BCUT2D eigenvalue weighted by atomic mass is 9.64. The van der Waals surface area contributed by atoms with Gasteiger partial charge < -0.3 is 9.47 Å². The van der Waals surface area contributed by atoms with Crippen LogP contribution in [0.15, 0.2) is 12.2 Å². The number of hydrogen-bond donors (Lipinski definition) is 0. The maximum Gasteiger partial charge on any atom is 0.268 e. The molecule has 0 aromatic heterocycles. The fourth-order valence-electron chi connectivity index (χ4n) is 8.44. The maximum absolute atomic E-state index is 12.4. The topological polar surface area (TPSA) is 18.5 Å². The summed E-state index contributed by atoms with van der Waals surface area (Å²) in [5.74, 6) is 6.05. The minimum Gasteiger partial charge on any atom is -0.376 e. The van der Waals surface area contributed by atoms with Gasteiger partial charge >= 0.3 is 0 Å². The molecule has 4 heteroatoms. The van der Waals surface area contributed by atoms with E-state index in [0.29, 0.717) is 13.0 Å². The standard InChI is InChI=1S/C33H56F2O2/c1-2-3-4-6-25-8-12-27(13-9-25)29-16-18-30(19-17-29)28-14-10-26(11-15-28)7-5-22-36-32-21-20-31(37-24-32)23-33(34)35/h23,25-32H,2-22,24H2,1H3. The monoisotopic (exact) mass is 522 g/mol. The molecule has 1 heterocycles. The molecule has 0 bridgehead atoms. The predicted molar refractivity (Wildman–Crippen MR) is 149 cm³/mol. The molecule has 0 radical (unpaired) electrons. The van der Waals surface area contributed by atoms with Gasteiger partial charge in [0, 0.05) is 12.7 Å². The molecule has 37 heavy (non-hydrogen) atoms. The van der Waals surface area contributed by atoms with Crippen LogP contribution in [0.4, 0.5) is 8.78 Å². The average molecular weight is 523 g/mol. The Bertz CT molecular complexity index is 631. The van der Waals surface area contributed by atoms with Crippen molar-refractivity contribution in [3.8, 4) is 0 Å². The Morgan fingerprint density at radius 2 is 1.19 bits per heavy atom. The molecule has 1 aliphatic heterocycles. The van der Waals surface area contributed by atoms with Gasteiger partial charge in [-0.2, -0.15) is 8.78 Å². The molecular weight excluding hydrogens is 466 g/mol. The van der Waals surface area contributed by atoms with Crippen LogP contribution in [0.3, 0.4) is 0 Å². The SMILES string of the molecule is CCCCCC1CCC(C2CCC(C3CCC(CCCOC4CCC(C=C(F)F)OC4)CC3)CC2)CC1. The number of ether oxygens (including phenoxy) is 2. The lowest BCUT2D eigenvalue weighted by Crippen LogP contribution is -2.31. The van der Waals surface area contributed by atoms with Crippen molar-refractivity contribution in [2.45, 2.75) is 148 Å². The van der Waals surface area contributed by atoms with Crippen molar-refractivity contribution < 1.29 is 18.3 Å². The summed E-state index contributed by atoms with van der Waals surface area (Å²) in [4.78, 5) is 0. The van der Waals surface area contributed by atoms with Crippen LogP contribution in [0, 0.1) is 35.5 Å². The quantitative estimate of drug-likeness (QED) is 0.237. The van der Waals surface area contributed by atoms with Crippen LogP contribution in [-0.4, -0.2) is 25.4 Å². The number of rotatable bonds is 12. The average Bonchev–Trinajstić information content (AvgIpc) is 2.93. The maximum atomic E-state index is 12.4. The third kappa shape index (κ3) is 9.89. The van der Waals surface area contributed by atoms with Crippen molar-refractivity contribution in [1.29, 1.82) is 0 Å². The summed E-state index contributed by atoms with van der Waals surface area (Å²) >= 11 is 0.